The van der Waals surface area contributed by atoms with Crippen molar-refractivity contribution < 1.29 is 34.4 Å². The lowest BCUT2D eigenvalue weighted by Gasteiger charge is -2.42. The number of ketones is 2. The number of aromatic carboxylic acids is 1. The highest BCUT2D eigenvalue weighted by atomic mass is 16.5. The van der Waals surface area contributed by atoms with E-state index < -0.39 is 11.7 Å². The van der Waals surface area contributed by atoms with Gasteiger partial charge in [-0.05, 0) is 37.5 Å². The van der Waals surface area contributed by atoms with Crippen molar-refractivity contribution in [2.24, 2.45) is 17.3 Å². The summed E-state index contributed by atoms with van der Waals surface area (Å²) < 4.78 is 6.07. The lowest BCUT2D eigenvalue weighted by molar-refractivity contribution is -0.124. The van der Waals surface area contributed by atoms with Gasteiger partial charge in [-0.15, -0.1) is 0 Å². The van der Waals surface area contributed by atoms with Gasteiger partial charge in [-0.3, -0.25) is 9.59 Å². The first-order valence-corrected chi connectivity index (χ1v) is 10.1. The number of fused-ring (bicyclic) bond motifs is 5. The number of carbonyl (C=O) groups excluding carboxylic acids is 2. The van der Waals surface area contributed by atoms with Crippen LogP contribution in [0.4, 0.5) is 5.69 Å². The average molecular weight is 415 g/mol. The van der Waals surface area contributed by atoms with Crippen molar-refractivity contribution in [3.63, 3.8) is 0 Å². The fraction of sp³-hybridized carbons (Fsp3) is 0.500. The highest BCUT2D eigenvalue weighted by Crippen LogP contribution is 2.57. The zero-order valence-electron chi connectivity index (χ0n) is 16.6. The molecule has 2 heterocycles. The lowest BCUT2D eigenvalue weighted by Crippen LogP contribution is -2.45. The number of hydrogen-bond donors (Lipinski definition) is 4. The number of aromatic hydroxyl groups is 2. The van der Waals surface area contributed by atoms with Crippen molar-refractivity contribution in [3.8, 4) is 11.5 Å². The molecule has 2 aliphatic heterocycles. The fourth-order valence-electron chi connectivity index (χ4n) is 5.31. The first-order valence-electron chi connectivity index (χ1n) is 10.1. The van der Waals surface area contributed by atoms with Crippen LogP contribution in [0.2, 0.25) is 0 Å². The molecule has 0 saturated carbocycles. The summed E-state index contributed by atoms with van der Waals surface area (Å²) in [5.74, 6) is -2.69. The predicted octanol–water partition coefficient (Wildman–Crippen LogP) is 2.50. The molecule has 8 nitrogen and oxygen atoms in total. The molecule has 4 N–H and O–H groups in total. The molecule has 8 heteroatoms. The topological polar surface area (TPSA) is 133 Å². The van der Waals surface area contributed by atoms with Crippen LogP contribution in [0.15, 0.2) is 24.3 Å². The van der Waals surface area contributed by atoms with Crippen LogP contribution < -0.4 is 5.32 Å². The van der Waals surface area contributed by atoms with E-state index in [2.05, 4.69) is 12.2 Å². The second kappa shape index (κ2) is 7.43. The highest BCUT2D eigenvalue weighted by molar-refractivity contribution is 5.95. The maximum Gasteiger partial charge on any atom is 0.339 e. The summed E-state index contributed by atoms with van der Waals surface area (Å²) >= 11 is 0. The summed E-state index contributed by atoms with van der Waals surface area (Å²) in [6.45, 7) is 1.92. The first-order chi connectivity index (χ1) is 14.2. The van der Waals surface area contributed by atoms with Gasteiger partial charge in [0.15, 0.2) is 17.3 Å². The summed E-state index contributed by atoms with van der Waals surface area (Å²) in [6.07, 6.45) is 6.28. The first kappa shape index (κ1) is 20.4. The number of rotatable bonds is 7. The van der Waals surface area contributed by atoms with Gasteiger partial charge in [0.1, 0.15) is 17.0 Å². The standard InChI is InChI=1S/C22H25NO7/c1-22-9-8-14(25)12(18(22)16-6-7-17(22)30-16)3-2-11(24)10-23-19-15(26)5-4-13(20(19)27)21(28)29/h4-5,8-9,12,16-18,23,26-27H,2-3,6-7,10H2,1H3,(H,28,29)/t12-,16+,17-,18-,22-/m1/s1. The molecule has 1 aliphatic carbocycles. The monoisotopic (exact) mass is 415 g/mol. The minimum absolute atomic E-state index is 0.0267. The van der Waals surface area contributed by atoms with Gasteiger partial charge in [0, 0.05) is 23.7 Å². The van der Waals surface area contributed by atoms with Crippen LogP contribution in [-0.2, 0) is 14.3 Å². The minimum Gasteiger partial charge on any atom is -0.506 e. The predicted molar refractivity (Wildman–Crippen MR) is 107 cm³/mol. The molecular formula is C22H25NO7. The van der Waals surface area contributed by atoms with Crippen molar-refractivity contribution in [1.29, 1.82) is 0 Å². The van der Waals surface area contributed by atoms with E-state index >= 15 is 0 Å². The maximum absolute atomic E-state index is 12.5. The number of allylic oxidation sites excluding steroid dienone is 1. The molecule has 2 saturated heterocycles. The van der Waals surface area contributed by atoms with Crippen molar-refractivity contribution in [2.45, 2.75) is 44.8 Å². The molecule has 3 aliphatic rings. The van der Waals surface area contributed by atoms with E-state index in [1.807, 2.05) is 6.08 Å². The molecule has 2 bridgehead atoms. The molecule has 5 atom stereocenters. The minimum atomic E-state index is -1.35. The van der Waals surface area contributed by atoms with E-state index in [9.17, 15) is 24.6 Å². The Labute approximate surface area is 173 Å². The second-order valence-corrected chi connectivity index (χ2v) is 8.57. The number of phenols is 2. The van der Waals surface area contributed by atoms with Gasteiger partial charge in [-0.2, -0.15) is 0 Å². The lowest BCUT2D eigenvalue weighted by atomic mass is 9.58. The van der Waals surface area contributed by atoms with Crippen molar-refractivity contribution >= 4 is 23.2 Å². The van der Waals surface area contributed by atoms with Crippen LogP contribution in [0.3, 0.4) is 0 Å². The Bertz CT molecular complexity index is 940. The van der Waals surface area contributed by atoms with Gasteiger partial charge in [0.2, 0.25) is 0 Å². The Morgan fingerprint density at radius 2 is 2.03 bits per heavy atom. The van der Waals surface area contributed by atoms with Crippen LogP contribution in [0.25, 0.3) is 0 Å². The number of phenolic OH excluding ortho intramolecular Hbond substituents is 1. The summed E-state index contributed by atoms with van der Waals surface area (Å²) in [7, 11) is 0. The van der Waals surface area contributed by atoms with Crippen LogP contribution >= 0.6 is 0 Å². The van der Waals surface area contributed by atoms with E-state index in [1.165, 1.54) is 0 Å². The van der Waals surface area contributed by atoms with E-state index in [0.717, 1.165) is 25.0 Å². The Hall–Kier alpha value is -2.87. The zero-order chi connectivity index (χ0) is 21.6. The van der Waals surface area contributed by atoms with Crippen LogP contribution in [0.1, 0.15) is 43.0 Å². The number of anilines is 1. The third-order valence-electron chi connectivity index (χ3n) is 6.85. The normalized spacial score (nSPS) is 31.6. The van der Waals surface area contributed by atoms with Crippen LogP contribution in [-0.4, -0.2) is 51.6 Å². The molecule has 0 unspecified atom stereocenters. The van der Waals surface area contributed by atoms with Gasteiger partial charge in [-0.1, -0.05) is 13.0 Å². The average Bonchev–Trinajstić information content (AvgIpc) is 3.27. The van der Waals surface area contributed by atoms with E-state index in [1.54, 1.807) is 6.08 Å². The zero-order valence-corrected chi connectivity index (χ0v) is 16.6. The number of Topliss-reactive ketones (excluding diaryl/α,β-unsaturated/α-hetero) is 1. The third-order valence-corrected chi connectivity index (χ3v) is 6.85. The largest absolute Gasteiger partial charge is 0.506 e. The maximum atomic E-state index is 12.5. The fourth-order valence-corrected chi connectivity index (χ4v) is 5.31. The van der Waals surface area contributed by atoms with E-state index in [0.29, 0.717) is 6.42 Å². The number of carboxylic acid groups (broad SMARTS) is 1. The number of carboxylic acids is 1. The number of nitrogens with one attached hydrogen (secondary N) is 1. The van der Waals surface area contributed by atoms with Gasteiger partial charge >= 0.3 is 5.97 Å². The Kier molecular flexibility index (Phi) is 5.05. The molecule has 2 fully saturated rings. The van der Waals surface area contributed by atoms with E-state index in [4.69, 9.17) is 9.84 Å². The molecule has 160 valence electrons. The molecular weight excluding hydrogens is 390 g/mol. The summed E-state index contributed by atoms with van der Waals surface area (Å²) in [6, 6.07) is 2.22. The summed E-state index contributed by atoms with van der Waals surface area (Å²) in [5, 5.41) is 31.6. The molecule has 30 heavy (non-hydrogen) atoms. The number of carbonyl (C=O) groups is 3. The van der Waals surface area contributed by atoms with Gasteiger partial charge in [0.05, 0.1) is 18.8 Å². The molecule has 0 spiro atoms. The quantitative estimate of drug-likeness (QED) is 0.499. The third kappa shape index (κ3) is 3.25. The van der Waals surface area contributed by atoms with Crippen LogP contribution in [0.5, 0.6) is 11.5 Å². The SMILES string of the molecule is C[C@]12C=CC(=O)[C@@H](CCC(=O)CNc3c(O)ccc(C(=O)O)c3O)[C@@H]1[C@@H]1CC[C@H]2O1. The second-order valence-electron chi connectivity index (χ2n) is 8.57. The molecule has 0 radical (unpaired) electrons. The van der Waals surface area contributed by atoms with Gasteiger partial charge in [-0.25, -0.2) is 4.79 Å². The molecule has 1 aromatic rings. The van der Waals surface area contributed by atoms with Crippen molar-refractivity contribution in [1.82, 2.24) is 0 Å². The van der Waals surface area contributed by atoms with Crippen molar-refractivity contribution in [3.05, 3.63) is 29.8 Å². The Balaban J connectivity index is 1.39. The molecule has 0 amide bonds. The van der Waals surface area contributed by atoms with Gasteiger partial charge in [0.25, 0.3) is 0 Å². The molecule has 1 aromatic carbocycles. The van der Waals surface area contributed by atoms with E-state index in [-0.39, 0.29) is 71.0 Å². The Morgan fingerprint density at radius 3 is 2.77 bits per heavy atom. The smallest absolute Gasteiger partial charge is 0.339 e. The van der Waals surface area contributed by atoms with Crippen molar-refractivity contribution in [2.75, 3.05) is 11.9 Å². The summed E-state index contributed by atoms with van der Waals surface area (Å²) in [4.78, 5) is 36.1. The van der Waals surface area contributed by atoms with Crippen LogP contribution in [0, 0.1) is 17.3 Å². The number of hydrogen-bond acceptors (Lipinski definition) is 7. The molecule has 0 aromatic heterocycles. The summed E-state index contributed by atoms with van der Waals surface area (Å²) in [5.41, 5.74) is -0.746. The molecule has 4 rings (SSSR count). The van der Waals surface area contributed by atoms with Gasteiger partial charge < -0.3 is 25.4 Å². The Morgan fingerprint density at radius 1 is 1.27 bits per heavy atom. The number of benzene rings is 1. The highest BCUT2D eigenvalue weighted by Gasteiger charge is 2.60. The number of ether oxygens (including phenoxy) is 1.